The molecule has 11 nitrogen and oxygen atoms in total. The van der Waals surface area contributed by atoms with Gasteiger partial charge >= 0.3 is 63.0 Å². The molecular weight excluding hydrogens is 514 g/mol. The summed E-state index contributed by atoms with van der Waals surface area (Å²) < 4.78 is 0. The molecule has 0 aromatic heterocycles. The van der Waals surface area contributed by atoms with Crippen LogP contribution in [0.1, 0.15) is 29.1 Å². The van der Waals surface area contributed by atoms with Crippen molar-refractivity contribution in [1.82, 2.24) is 0 Å². The second-order valence-electron chi connectivity index (χ2n) is 2.36. The molecular formula is C9H21NaO11Pb. The van der Waals surface area contributed by atoms with Crippen molar-refractivity contribution in [1.29, 1.82) is 0 Å². The van der Waals surface area contributed by atoms with Crippen LogP contribution in [-0.2, 0) is 19.2 Å². The molecule has 0 heterocycles. The van der Waals surface area contributed by atoms with E-state index in [4.69, 9.17) is 54.6 Å². The number of hydrogen-bond donors (Lipinski definition) is 6. The third kappa shape index (κ3) is 7230. The Morgan fingerprint density at radius 1 is 0.545 bits per heavy atom. The van der Waals surface area contributed by atoms with E-state index in [1.165, 1.54) is 0 Å². The fourth-order valence-electron chi connectivity index (χ4n) is 0. The van der Waals surface area contributed by atoms with E-state index in [0.717, 1.165) is 27.7 Å². The van der Waals surface area contributed by atoms with Gasteiger partial charge in [-0.15, -0.1) is 0 Å². The van der Waals surface area contributed by atoms with Gasteiger partial charge in [0.1, 0.15) is 0 Å². The van der Waals surface area contributed by atoms with Crippen LogP contribution >= 0.6 is 0 Å². The number of rotatable bonds is 0. The van der Waals surface area contributed by atoms with Crippen molar-refractivity contribution in [2.75, 3.05) is 0 Å². The van der Waals surface area contributed by atoms with Gasteiger partial charge in [0.05, 0.1) is 0 Å². The zero-order valence-corrected chi connectivity index (χ0v) is 20.4. The Labute approximate surface area is 169 Å². The fourth-order valence-corrected chi connectivity index (χ4v) is 0. The Morgan fingerprint density at radius 3 is 0.545 bits per heavy atom. The Morgan fingerprint density at radius 2 is 0.545 bits per heavy atom. The van der Waals surface area contributed by atoms with Gasteiger partial charge in [-0.25, -0.2) is 4.79 Å². The number of hydrogen-bond acceptors (Lipinski definition) is 5. The summed E-state index contributed by atoms with van der Waals surface area (Å²) in [5.41, 5.74) is 0. The van der Waals surface area contributed by atoms with Gasteiger partial charge < -0.3 is 32.1 Å². The van der Waals surface area contributed by atoms with Crippen molar-refractivity contribution in [3.8, 4) is 0 Å². The van der Waals surface area contributed by atoms with Crippen molar-refractivity contribution < 1.29 is 85.6 Å². The summed E-state index contributed by atoms with van der Waals surface area (Å²) in [6.07, 6.45) is -1.83. The molecule has 0 aliphatic carbocycles. The molecule has 0 saturated carbocycles. The van der Waals surface area contributed by atoms with E-state index in [0.29, 0.717) is 0 Å². The molecule has 0 atom stereocenters. The monoisotopic (exact) mass is 536 g/mol. The Hall–Kier alpha value is -0.928. The summed E-state index contributed by atoms with van der Waals surface area (Å²) in [5.74, 6) is -3.33. The van der Waals surface area contributed by atoms with E-state index in [9.17, 15) is 0 Å². The molecule has 6 N–H and O–H groups in total. The van der Waals surface area contributed by atoms with Crippen LogP contribution in [0.25, 0.3) is 0 Å². The van der Waals surface area contributed by atoms with Crippen LogP contribution in [0.3, 0.4) is 0 Å². The fraction of sp³-hybridized carbons (Fsp3) is 0.444. The summed E-state index contributed by atoms with van der Waals surface area (Å²) in [4.78, 5) is 44.6. The van der Waals surface area contributed by atoms with Gasteiger partial charge in [0.15, 0.2) is 0 Å². The number of carboxylic acids is 4. The van der Waals surface area contributed by atoms with Crippen LogP contribution < -0.4 is 29.6 Å². The van der Waals surface area contributed by atoms with Crippen LogP contribution in [0.15, 0.2) is 0 Å². The molecule has 0 aliphatic heterocycles. The summed E-state index contributed by atoms with van der Waals surface area (Å²) in [5, 5.41) is 43.6. The topological polar surface area (TPSA) is 207 Å². The molecule has 0 rings (SSSR count). The van der Waals surface area contributed by atoms with E-state index in [2.05, 4.69) is 0 Å². The predicted molar refractivity (Wildman–Crippen MR) is 73.5 cm³/mol. The summed E-state index contributed by atoms with van der Waals surface area (Å²) >= 11 is 0. The van der Waals surface area contributed by atoms with Gasteiger partial charge in [-0.1, -0.05) is 0 Å². The van der Waals surface area contributed by atoms with E-state index < -0.39 is 30.0 Å². The van der Waals surface area contributed by atoms with E-state index in [1.54, 1.807) is 0 Å². The van der Waals surface area contributed by atoms with Gasteiger partial charge in [0.25, 0.3) is 23.9 Å². The molecule has 0 spiro atoms. The maximum absolute atomic E-state index is 9.00. The summed E-state index contributed by atoms with van der Waals surface area (Å²) in [6.45, 7) is 4.33. The minimum absolute atomic E-state index is 0. The van der Waals surface area contributed by atoms with Crippen molar-refractivity contribution in [2.45, 2.75) is 27.7 Å². The minimum atomic E-state index is -1.83. The third-order valence-corrected chi connectivity index (χ3v) is 0. The molecule has 0 aliphatic rings. The Bertz CT molecular complexity index is 222. The van der Waals surface area contributed by atoms with Gasteiger partial charge in [0.2, 0.25) is 0 Å². The first kappa shape index (κ1) is 42.9. The summed E-state index contributed by atoms with van der Waals surface area (Å²) in [6, 6.07) is 0. The molecule has 13 heteroatoms. The van der Waals surface area contributed by atoms with Gasteiger partial charge in [-0.05, 0) is 0 Å². The Kier molecular flexibility index (Phi) is 71.8. The van der Waals surface area contributed by atoms with Crippen LogP contribution in [0.5, 0.6) is 0 Å². The zero-order chi connectivity index (χ0) is 17.9. The van der Waals surface area contributed by atoms with E-state index in [-0.39, 0.29) is 58.3 Å². The first-order chi connectivity index (χ1) is 8.66. The van der Waals surface area contributed by atoms with Gasteiger partial charge in [-0.2, -0.15) is 0 Å². The van der Waals surface area contributed by atoms with E-state index in [1.807, 2.05) is 0 Å². The normalized spacial score (nSPS) is 5.64. The SMILES string of the molecule is CC(=O)O.CC(=O)O.CC(=O)O.CC(=O)O.O=C(O)O.[H-].[Na+].[PbH2]. The molecule has 0 bridgehead atoms. The number of carbonyl (C=O) groups is 5. The second-order valence-corrected chi connectivity index (χ2v) is 2.36. The van der Waals surface area contributed by atoms with Crippen LogP contribution in [-0.4, -0.2) is 88.0 Å². The number of aliphatic carboxylic acids is 4. The van der Waals surface area contributed by atoms with E-state index >= 15 is 0 Å². The standard InChI is InChI=1S/4C2H4O2.CH2O3.Na.Pb.3H/c4*1-2(3)4;2-1(3)4;;;;;/h4*1H3,(H,3,4);(H2,2,3,4);;;;;/q;;;;;+1;;;;-1. The zero-order valence-electron chi connectivity index (χ0n) is 13.9. The molecule has 22 heavy (non-hydrogen) atoms. The first-order valence-corrected chi connectivity index (χ1v) is 4.36. The molecule has 0 amide bonds. The average molecular weight is 535 g/mol. The van der Waals surface area contributed by atoms with Crippen LogP contribution in [0.2, 0.25) is 0 Å². The first-order valence-electron chi connectivity index (χ1n) is 4.36. The van der Waals surface area contributed by atoms with Crippen molar-refractivity contribution in [3.05, 3.63) is 0 Å². The molecule has 0 saturated heterocycles. The maximum atomic E-state index is 9.00. The molecule has 0 unspecified atom stereocenters. The summed E-state index contributed by atoms with van der Waals surface area (Å²) in [7, 11) is 0. The van der Waals surface area contributed by atoms with Crippen molar-refractivity contribution in [3.63, 3.8) is 0 Å². The molecule has 128 valence electrons. The van der Waals surface area contributed by atoms with Gasteiger partial charge in [0, 0.05) is 27.7 Å². The quantitative estimate of drug-likeness (QED) is 0.170. The molecule has 2 radical (unpaired) electrons. The van der Waals surface area contributed by atoms with Crippen LogP contribution in [0.4, 0.5) is 4.79 Å². The van der Waals surface area contributed by atoms with Crippen molar-refractivity contribution in [2.24, 2.45) is 0 Å². The predicted octanol–water partition coefficient (Wildman–Crippen LogP) is -3.21. The number of carboxylic acid groups (broad SMARTS) is 6. The molecule has 0 aromatic rings. The van der Waals surface area contributed by atoms with Gasteiger partial charge in [-0.3, -0.25) is 19.2 Å². The molecule has 0 fully saturated rings. The van der Waals surface area contributed by atoms with Crippen LogP contribution in [0, 0.1) is 0 Å². The Balaban J connectivity index is -0.0000000197. The second kappa shape index (κ2) is 36.9. The average Bonchev–Trinajstić information content (AvgIpc) is 1.94. The molecule has 0 aromatic carbocycles. The third-order valence-electron chi connectivity index (χ3n) is 0. The van der Waals surface area contributed by atoms with Crippen molar-refractivity contribution >= 4 is 57.3 Å².